The Morgan fingerprint density at radius 1 is 1.00 bits per heavy atom. The van der Waals surface area contributed by atoms with Crippen molar-refractivity contribution in [1.82, 2.24) is 0 Å². The van der Waals surface area contributed by atoms with Gasteiger partial charge in [-0.2, -0.15) is 0 Å². The molecule has 3 aromatic carbocycles. The van der Waals surface area contributed by atoms with Gasteiger partial charge in [-0.25, -0.2) is 4.79 Å². The number of ether oxygens (including phenoxy) is 2. The van der Waals surface area contributed by atoms with Crippen LogP contribution >= 0.6 is 0 Å². The lowest BCUT2D eigenvalue weighted by atomic mass is 10.1. The summed E-state index contributed by atoms with van der Waals surface area (Å²) in [7, 11) is 0. The summed E-state index contributed by atoms with van der Waals surface area (Å²) in [4.78, 5) is 25.8. The van der Waals surface area contributed by atoms with E-state index in [2.05, 4.69) is 5.32 Å². The molecule has 2 N–H and O–H groups in total. The maximum Gasteiger partial charge on any atom is 0.343 e. The molecule has 3 aromatic rings. The molecule has 0 aliphatic heterocycles. The molecule has 0 aliphatic rings. The topological polar surface area (TPSA) is 84.9 Å². The van der Waals surface area contributed by atoms with Gasteiger partial charge in [0.15, 0.2) is 0 Å². The van der Waals surface area contributed by atoms with Gasteiger partial charge in [0, 0.05) is 5.56 Å². The molecule has 6 heteroatoms. The molecular weight excluding hydrogens is 382 g/mol. The maximum absolute atomic E-state index is 13.1. The molecule has 30 heavy (non-hydrogen) atoms. The summed E-state index contributed by atoms with van der Waals surface area (Å²) in [5.41, 5.74) is 1.77. The van der Waals surface area contributed by atoms with E-state index in [-0.39, 0.29) is 11.3 Å². The van der Waals surface area contributed by atoms with E-state index in [1.54, 1.807) is 67.6 Å². The standard InChI is InChI=1S/C24H23NO5/c1-3-29-21-12-8-7-11-19(21)25-23(27)22(17-9-5-4-6-10-17)30-24(28)18-14-13-16(2)15-20(18)26/h4-15,22,26H,3H2,1-2H3,(H,25,27). The van der Waals surface area contributed by atoms with Crippen molar-refractivity contribution in [1.29, 1.82) is 0 Å². The van der Waals surface area contributed by atoms with Crippen molar-refractivity contribution in [2.24, 2.45) is 0 Å². The van der Waals surface area contributed by atoms with Gasteiger partial charge < -0.3 is 19.9 Å². The molecule has 0 aliphatic carbocycles. The highest BCUT2D eigenvalue weighted by Crippen LogP contribution is 2.28. The summed E-state index contributed by atoms with van der Waals surface area (Å²) in [5, 5.41) is 12.9. The van der Waals surface area contributed by atoms with Crippen molar-refractivity contribution in [2.75, 3.05) is 11.9 Å². The van der Waals surface area contributed by atoms with E-state index in [0.29, 0.717) is 23.6 Å². The van der Waals surface area contributed by atoms with Gasteiger partial charge in [-0.15, -0.1) is 0 Å². The second kappa shape index (κ2) is 9.60. The van der Waals surface area contributed by atoms with Gasteiger partial charge in [0.2, 0.25) is 6.10 Å². The van der Waals surface area contributed by atoms with Gasteiger partial charge in [-0.1, -0.05) is 48.5 Å². The molecule has 0 heterocycles. The lowest BCUT2D eigenvalue weighted by Gasteiger charge is -2.19. The fraction of sp³-hybridized carbons (Fsp3) is 0.167. The first-order valence-electron chi connectivity index (χ1n) is 9.58. The normalized spacial score (nSPS) is 11.4. The minimum absolute atomic E-state index is 0.0101. The highest BCUT2D eigenvalue weighted by molar-refractivity contribution is 5.99. The number of esters is 1. The van der Waals surface area contributed by atoms with Crippen LogP contribution in [0.3, 0.4) is 0 Å². The first kappa shape index (κ1) is 20.9. The molecule has 6 nitrogen and oxygen atoms in total. The van der Waals surface area contributed by atoms with Gasteiger partial charge in [-0.3, -0.25) is 4.79 Å². The van der Waals surface area contributed by atoms with E-state index >= 15 is 0 Å². The summed E-state index contributed by atoms with van der Waals surface area (Å²) in [5.74, 6) is -1.01. The number of amides is 1. The Kier molecular flexibility index (Phi) is 6.70. The third-order valence-corrected chi connectivity index (χ3v) is 4.38. The number of para-hydroxylation sites is 2. The van der Waals surface area contributed by atoms with Gasteiger partial charge >= 0.3 is 5.97 Å². The van der Waals surface area contributed by atoms with E-state index in [1.165, 1.54) is 12.1 Å². The lowest BCUT2D eigenvalue weighted by Crippen LogP contribution is -2.26. The monoisotopic (exact) mass is 405 g/mol. The van der Waals surface area contributed by atoms with Crippen molar-refractivity contribution in [2.45, 2.75) is 20.0 Å². The van der Waals surface area contributed by atoms with Crippen LogP contribution in [0.4, 0.5) is 5.69 Å². The average Bonchev–Trinajstić information content (AvgIpc) is 2.74. The molecule has 0 saturated heterocycles. The number of hydrogen-bond acceptors (Lipinski definition) is 5. The number of carbonyl (C=O) groups is 2. The summed E-state index contributed by atoms with van der Waals surface area (Å²) in [6, 6.07) is 20.3. The van der Waals surface area contributed by atoms with Crippen LogP contribution in [-0.2, 0) is 9.53 Å². The zero-order valence-electron chi connectivity index (χ0n) is 16.8. The average molecular weight is 405 g/mol. The highest BCUT2D eigenvalue weighted by Gasteiger charge is 2.27. The third-order valence-electron chi connectivity index (χ3n) is 4.38. The zero-order valence-corrected chi connectivity index (χ0v) is 16.8. The van der Waals surface area contributed by atoms with E-state index < -0.39 is 18.0 Å². The van der Waals surface area contributed by atoms with Crippen molar-refractivity contribution in [3.63, 3.8) is 0 Å². The van der Waals surface area contributed by atoms with Crippen LogP contribution < -0.4 is 10.1 Å². The zero-order chi connectivity index (χ0) is 21.5. The SMILES string of the molecule is CCOc1ccccc1NC(=O)C(OC(=O)c1ccc(C)cc1O)c1ccccc1. The van der Waals surface area contributed by atoms with E-state index in [0.717, 1.165) is 5.56 Å². The van der Waals surface area contributed by atoms with Crippen molar-refractivity contribution < 1.29 is 24.2 Å². The summed E-state index contributed by atoms with van der Waals surface area (Å²) in [6.45, 7) is 4.09. The number of anilines is 1. The fourth-order valence-electron chi connectivity index (χ4n) is 2.94. The molecule has 0 fully saturated rings. The molecule has 1 unspecified atom stereocenters. The van der Waals surface area contributed by atoms with E-state index in [1.807, 2.05) is 6.92 Å². The van der Waals surface area contributed by atoms with Crippen molar-refractivity contribution in [3.8, 4) is 11.5 Å². The highest BCUT2D eigenvalue weighted by atomic mass is 16.5. The van der Waals surface area contributed by atoms with Crippen LogP contribution in [-0.4, -0.2) is 23.6 Å². The van der Waals surface area contributed by atoms with Crippen LogP contribution in [0.2, 0.25) is 0 Å². The predicted octanol–water partition coefficient (Wildman–Crippen LogP) is 4.64. The molecular formula is C24H23NO5. The molecule has 0 aromatic heterocycles. The van der Waals surface area contributed by atoms with Crippen LogP contribution in [0.15, 0.2) is 72.8 Å². The molecule has 1 amide bonds. The van der Waals surface area contributed by atoms with Crippen LogP contribution in [0.1, 0.15) is 34.5 Å². The van der Waals surface area contributed by atoms with Crippen LogP contribution in [0, 0.1) is 6.92 Å². The second-order valence-corrected chi connectivity index (χ2v) is 6.64. The Morgan fingerprint density at radius 2 is 1.70 bits per heavy atom. The second-order valence-electron chi connectivity index (χ2n) is 6.64. The number of phenols is 1. The molecule has 3 rings (SSSR count). The number of hydrogen-bond donors (Lipinski definition) is 2. The fourth-order valence-corrected chi connectivity index (χ4v) is 2.94. The minimum Gasteiger partial charge on any atom is -0.507 e. The molecule has 1 atom stereocenters. The van der Waals surface area contributed by atoms with Gasteiger partial charge in [0.25, 0.3) is 5.91 Å². The molecule has 0 saturated carbocycles. The Bertz CT molecular complexity index is 1030. The van der Waals surface area contributed by atoms with Crippen molar-refractivity contribution >= 4 is 17.6 Å². The Morgan fingerprint density at radius 3 is 2.40 bits per heavy atom. The third kappa shape index (κ3) is 4.97. The van der Waals surface area contributed by atoms with Crippen LogP contribution in [0.25, 0.3) is 0 Å². The van der Waals surface area contributed by atoms with E-state index in [9.17, 15) is 14.7 Å². The summed E-state index contributed by atoms with van der Waals surface area (Å²) < 4.78 is 11.1. The number of phenolic OH excluding ortho intramolecular Hbond substituents is 1. The maximum atomic E-state index is 13.1. The lowest BCUT2D eigenvalue weighted by molar-refractivity contribution is -0.125. The number of nitrogens with one attached hydrogen (secondary N) is 1. The largest absolute Gasteiger partial charge is 0.507 e. The molecule has 0 radical (unpaired) electrons. The quantitative estimate of drug-likeness (QED) is 0.560. The molecule has 0 spiro atoms. The summed E-state index contributed by atoms with van der Waals surface area (Å²) in [6.07, 6.45) is -1.21. The smallest absolute Gasteiger partial charge is 0.343 e. The first-order chi connectivity index (χ1) is 14.5. The van der Waals surface area contributed by atoms with E-state index in [4.69, 9.17) is 9.47 Å². The van der Waals surface area contributed by atoms with Crippen LogP contribution in [0.5, 0.6) is 11.5 Å². The Hall–Kier alpha value is -3.80. The molecule has 154 valence electrons. The van der Waals surface area contributed by atoms with Crippen molar-refractivity contribution in [3.05, 3.63) is 89.5 Å². The Labute approximate surface area is 175 Å². The number of aromatic hydroxyl groups is 1. The summed E-state index contributed by atoms with van der Waals surface area (Å²) >= 11 is 0. The number of aryl methyl sites for hydroxylation is 1. The Balaban J connectivity index is 1.88. The van der Waals surface area contributed by atoms with Gasteiger partial charge in [-0.05, 0) is 43.7 Å². The minimum atomic E-state index is -1.21. The predicted molar refractivity (Wildman–Crippen MR) is 114 cm³/mol. The number of benzene rings is 3. The van der Waals surface area contributed by atoms with Gasteiger partial charge in [0.1, 0.15) is 17.1 Å². The van der Waals surface area contributed by atoms with Gasteiger partial charge in [0.05, 0.1) is 12.3 Å². The first-order valence-corrected chi connectivity index (χ1v) is 9.58. The number of carbonyl (C=O) groups excluding carboxylic acids is 2. The number of rotatable bonds is 7. The molecule has 0 bridgehead atoms.